The number of hydrogen-bond acceptors (Lipinski definition) is 6. The number of rotatable bonds is 7. The molecule has 1 aliphatic rings. The second-order valence-electron chi connectivity index (χ2n) is 7.03. The van der Waals surface area contributed by atoms with E-state index in [4.69, 9.17) is 4.74 Å². The number of carbonyl (C=O) groups is 2. The van der Waals surface area contributed by atoms with Gasteiger partial charge >= 0.3 is 5.97 Å². The summed E-state index contributed by atoms with van der Waals surface area (Å²) in [4.78, 5) is 26.5. The van der Waals surface area contributed by atoms with Crippen LogP contribution in [0.1, 0.15) is 46.0 Å². The van der Waals surface area contributed by atoms with Crippen LogP contribution in [0.5, 0.6) is 0 Å². The lowest BCUT2D eigenvalue weighted by Gasteiger charge is -2.25. The van der Waals surface area contributed by atoms with Crippen molar-refractivity contribution in [2.45, 2.75) is 56.2 Å². The number of nitrogens with one attached hydrogen (secondary N) is 1. The van der Waals surface area contributed by atoms with E-state index in [0.29, 0.717) is 13.1 Å². The standard InChI is InChI=1S/C18H28N2O5S2/c1-14(2)17(19-27(23,24)16-9-8-12-26-16)18(22)25-13-15(21)20-10-6-4-3-5-7-11-20/h8-9,12,14,17,19H,3-7,10-11,13H2,1-2H3/t17-/m0/s1. The van der Waals surface area contributed by atoms with Gasteiger partial charge in [0.15, 0.2) is 6.61 Å². The summed E-state index contributed by atoms with van der Waals surface area (Å²) in [6.07, 6.45) is 5.30. The molecule has 1 aromatic rings. The van der Waals surface area contributed by atoms with E-state index in [-0.39, 0.29) is 22.6 Å². The maximum atomic E-state index is 12.4. The molecule has 1 N–H and O–H groups in total. The molecule has 1 amide bonds. The Labute approximate surface area is 165 Å². The predicted molar refractivity (Wildman–Crippen MR) is 104 cm³/mol. The molecule has 0 spiro atoms. The van der Waals surface area contributed by atoms with Gasteiger partial charge in [-0.25, -0.2) is 8.42 Å². The van der Waals surface area contributed by atoms with Crippen molar-refractivity contribution in [2.75, 3.05) is 19.7 Å². The van der Waals surface area contributed by atoms with Gasteiger partial charge in [-0.2, -0.15) is 4.72 Å². The lowest BCUT2D eigenvalue weighted by Crippen LogP contribution is -2.46. The van der Waals surface area contributed by atoms with Crippen LogP contribution in [0.4, 0.5) is 0 Å². The SMILES string of the molecule is CC(C)[C@H](NS(=O)(=O)c1cccs1)C(=O)OCC(=O)N1CCCCCCC1. The molecule has 27 heavy (non-hydrogen) atoms. The monoisotopic (exact) mass is 416 g/mol. The largest absolute Gasteiger partial charge is 0.454 e. The molecule has 2 rings (SSSR count). The zero-order valence-electron chi connectivity index (χ0n) is 15.8. The van der Waals surface area contributed by atoms with Crippen molar-refractivity contribution >= 4 is 33.2 Å². The molecule has 1 aromatic heterocycles. The van der Waals surface area contributed by atoms with E-state index >= 15 is 0 Å². The van der Waals surface area contributed by atoms with E-state index in [1.54, 1.807) is 30.2 Å². The highest BCUT2D eigenvalue weighted by Gasteiger charge is 2.31. The molecule has 0 aliphatic carbocycles. The third-order valence-electron chi connectivity index (χ3n) is 4.51. The highest BCUT2D eigenvalue weighted by molar-refractivity contribution is 7.91. The van der Waals surface area contributed by atoms with E-state index in [1.165, 1.54) is 12.5 Å². The number of esters is 1. The Bertz CT molecular complexity index is 708. The Morgan fingerprint density at radius 3 is 2.37 bits per heavy atom. The molecule has 9 heteroatoms. The second-order valence-corrected chi connectivity index (χ2v) is 9.92. The van der Waals surface area contributed by atoms with Gasteiger partial charge < -0.3 is 9.64 Å². The molecule has 0 saturated carbocycles. The van der Waals surface area contributed by atoms with Gasteiger partial charge in [0.2, 0.25) is 0 Å². The summed E-state index contributed by atoms with van der Waals surface area (Å²) in [5, 5.41) is 1.65. The van der Waals surface area contributed by atoms with Crippen LogP contribution in [-0.2, 0) is 24.3 Å². The number of likely N-dealkylation sites (tertiary alicyclic amines) is 1. The van der Waals surface area contributed by atoms with Crippen molar-refractivity contribution in [2.24, 2.45) is 5.92 Å². The normalized spacial score (nSPS) is 17.2. The summed E-state index contributed by atoms with van der Waals surface area (Å²) in [5.41, 5.74) is 0. The molecular formula is C18H28N2O5S2. The zero-order valence-corrected chi connectivity index (χ0v) is 17.5. The Morgan fingerprint density at radius 1 is 1.19 bits per heavy atom. The fourth-order valence-electron chi connectivity index (χ4n) is 2.91. The maximum Gasteiger partial charge on any atom is 0.324 e. The molecule has 0 radical (unpaired) electrons. The first-order chi connectivity index (χ1) is 12.8. The van der Waals surface area contributed by atoms with Crippen molar-refractivity contribution in [3.8, 4) is 0 Å². The van der Waals surface area contributed by atoms with Crippen molar-refractivity contribution in [3.05, 3.63) is 17.5 Å². The molecule has 1 saturated heterocycles. The lowest BCUT2D eigenvalue weighted by molar-refractivity contribution is -0.154. The summed E-state index contributed by atoms with van der Waals surface area (Å²) in [5.74, 6) is -1.27. The van der Waals surface area contributed by atoms with Crippen molar-refractivity contribution in [1.82, 2.24) is 9.62 Å². The van der Waals surface area contributed by atoms with Crippen LogP contribution in [0.15, 0.2) is 21.7 Å². The molecule has 7 nitrogen and oxygen atoms in total. The molecule has 1 atom stereocenters. The second kappa shape index (κ2) is 10.2. The predicted octanol–water partition coefficient (Wildman–Crippen LogP) is 2.39. The zero-order chi connectivity index (χ0) is 19.9. The summed E-state index contributed by atoms with van der Waals surface area (Å²) < 4.78 is 32.5. The van der Waals surface area contributed by atoms with Gasteiger partial charge in [-0.1, -0.05) is 39.2 Å². The fourth-order valence-corrected chi connectivity index (χ4v) is 5.25. The minimum absolute atomic E-state index is 0.137. The molecule has 1 fully saturated rings. The van der Waals surface area contributed by atoms with Gasteiger partial charge in [-0.3, -0.25) is 9.59 Å². The number of amides is 1. The number of carbonyl (C=O) groups excluding carboxylic acids is 2. The summed E-state index contributed by atoms with van der Waals surface area (Å²) in [7, 11) is -3.80. The molecule has 0 aromatic carbocycles. The first-order valence-corrected chi connectivity index (χ1v) is 11.7. The summed E-state index contributed by atoms with van der Waals surface area (Å²) >= 11 is 1.07. The first-order valence-electron chi connectivity index (χ1n) is 9.31. The number of hydrogen-bond donors (Lipinski definition) is 1. The molecule has 0 bridgehead atoms. The Kier molecular flexibility index (Phi) is 8.25. The third-order valence-corrected chi connectivity index (χ3v) is 7.35. The third kappa shape index (κ3) is 6.58. The number of ether oxygens (including phenoxy) is 1. The Hall–Kier alpha value is -1.45. The van der Waals surface area contributed by atoms with Crippen LogP contribution in [0.2, 0.25) is 0 Å². The smallest absolute Gasteiger partial charge is 0.324 e. The van der Waals surface area contributed by atoms with Gasteiger partial charge in [0.05, 0.1) is 0 Å². The fraction of sp³-hybridized carbons (Fsp3) is 0.667. The lowest BCUT2D eigenvalue weighted by atomic mass is 10.1. The highest BCUT2D eigenvalue weighted by atomic mass is 32.2. The number of nitrogens with zero attached hydrogens (tertiary/aromatic N) is 1. The van der Waals surface area contributed by atoms with Gasteiger partial charge in [0.1, 0.15) is 10.3 Å². The van der Waals surface area contributed by atoms with E-state index in [0.717, 1.165) is 37.0 Å². The maximum absolute atomic E-state index is 12.4. The van der Waals surface area contributed by atoms with Crippen LogP contribution in [0, 0.1) is 5.92 Å². The van der Waals surface area contributed by atoms with E-state index < -0.39 is 22.0 Å². The summed E-state index contributed by atoms with van der Waals surface area (Å²) in [6.45, 7) is 4.44. The van der Waals surface area contributed by atoms with Crippen LogP contribution in [-0.4, -0.2) is 50.9 Å². The Balaban J connectivity index is 1.93. The van der Waals surface area contributed by atoms with E-state index in [1.807, 2.05) is 0 Å². The molecular weight excluding hydrogens is 388 g/mol. The van der Waals surface area contributed by atoms with Crippen molar-refractivity contribution in [1.29, 1.82) is 0 Å². The van der Waals surface area contributed by atoms with Gasteiger partial charge in [-0.15, -0.1) is 11.3 Å². The molecule has 2 heterocycles. The Morgan fingerprint density at radius 2 is 1.81 bits per heavy atom. The number of sulfonamides is 1. The quantitative estimate of drug-likeness (QED) is 0.689. The molecule has 0 unspecified atom stereocenters. The average Bonchev–Trinajstić information content (AvgIpc) is 3.12. The molecule has 1 aliphatic heterocycles. The van der Waals surface area contributed by atoms with Gasteiger partial charge in [-0.05, 0) is 30.2 Å². The minimum atomic E-state index is -3.80. The van der Waals surface area contributed by atoms with Gasteiger partial charge in [0.25, 0.3) is 15.9 Å². The van der Waals surface area contributed by atoms with Crippen molar-refractivity contribution in [3.63, 3.8) is 0 Å². The average molecular weight is 417 g/mol. The van der Waals surface area contributed by atoms with Gasteiger partial charge in [0, 0.05) is 13.1 Å². The highest BCUT2D eigenvalue weighted by Crippen LogP contribution is 2.18. The van der Waals surface area contributed by atoms with Crippen LogP contribution in [0.25, 0.3) is 0 Å². The van der Waals surface area contributed by atoms with E-state index in [9.17, 15) is 18.0 Å². The first kappa shape index (κ1) is 21.8. The number of thiophene rings is 1. The van der Waals surface area contributed by atoms with E-state index in [2.05, 4.69) is 4.72 Å². The molecule has 152 valence electrons. The van der Waals surface area contributed by atoms with Crippen LogP contribution in [0.3, 0.4) is 0 Å². The minimum Gasteiger partial charge on any atom is -0.454 e. The van der Waals surface area contributed by atoms with Crippen molar-refractivity contribution < 1.29 is 22.7 Å². The topological polar surface area (TPSA) is 92.8 Å². The van der Waals surface area contributed by atoms with Crippen LogP contribution >= 0.6 is 11.3 Å². The van der Waals surface area contributed by atoms with Crippen LogP contribution < -0.4 is 4.72 Å². The summed E-state index contributed by atoms with van der Waals surface area (Å²) in [6, 6.07) is 2.06.